The van der Waals surface area contributed by atoms with Crippen molar-refractivity contribution in [3.8, 4) is 6.07 Å². The fourth-order valence-corrected chi connectivity index (χ4v) is 3.70. The summed E-state index contributed by atoms with van der Waals surface area (Å²) in [7, 11) is 1.29. The van der Waals surface area contributed by atoms with Crippen molar-refractivity contribution in [2.45, 2.75) is 19.8 Å². The average molecular weight is 448 g/mol. The van der Waals surface area contributed by atoms with Gasteiger partial charge in [-0.1, -0.05) is 29.8 Å². The number of hydrogen-bond donors (Lipinski definition) is 1. The summed E-state index contributed by atoms with van der Waals surface area (Å²) in [5.74, 6) is -2.66. The molecule has 9 heteroatoms. The van der Waals surface area contributed by atoms with Crippen molar-refractivity contribution in [2.75, 3.05) is 40.0 Å². The van der Waals surface area contributed by atoms with Crippen LogP contribution in [0, 0.1) is 17.2 Å². The second-order valence-corrected chi connectivity index (χ2v) is 7.13. The maximum atomic E-state index is 13.0. The zero-order chi connectivity index (χ0) is 22.8. The van der Waals surface area contributed by atoms with Crippen LogP contribution in [0.25, 0.3) is 0 Å². The first-order valence-corrected chi connectivity index (χ1v) is 10.3. The van der Waals surface area contributed by atoms with E-state index in [-0.39, 0.29) is 25.3 Å². The van der Waals surface area contributed by atoms with E-state index in [9.17, 15) is 9.59 Å². The molecule has 0 bridgehead atoms. The summed E-state index contributed by atoms with van der Waals surface area (Å²) in [5, 5.41) is 11.9. The summed E-state index contributed by atoms with van der Waals surface area (Å²) < 4.78 is 16.0. The number of aliphatic imine (C=N–C) groups is 1. The molecule has 1 N–H and O–H groups in total. The number of halogens is 1. The van der Waals surface area contributed by atoms with Crippen molar-refractivity contribution < 1.29 is 23.8 Å². The largest absolute Gasteiger partial charge is 0.468 e. The quantitative estimate of drug-likeness (QED) is 0.333. The number of carbonyl (C=O) groups is 2. The zero-order valence-electron chi connectivity index (χ0n) is 17.8. The molecule has 1 aromatic rings. The smallest absolute Gasteiger partial charge is 0.336 e. The molecule has 2 rings (SSSR count). The first kappa shape index (κ1) is 24.5. The van der Waals surface area contributed by atoms with Crippen LogP contribution in [0.4, 0.5) is 0 Å². The highest BCUT2D eigenvalue weighted by Gasteiger charge is 2.43. The predicted molar refractivity (Wildman–Crippen MR) is 116 cm³/mol. The summed E-state index contributed by atoms with van der Waals surface area (Å²) >= 11 is 6.46. The van der Waals surface area contributed by atoms with E-state index in [2.05, 4.69) is 10.3 Å². The first-order chi connectivity index (χ1) is 15.0. The van der Waals surface area contributed by atoms with Gasteiger partial charge in [0.2, 0.25) is 0 Å². The third kappa shape index (κ3) is 6.14. The molecule has 31 heavy (non-hydrogen) atoms. The van der Waals surface area contributed by atoms with E-state index in [0.717, 1.165) is 0 Å². The highest BCUT2D eigenvalue weighted by molar-refractivity contribution is 6.31. The molecule has 0 amide bonds. The van der Waals surface area contributed by atoms with Gasteiger partial charge in [-0.25, -0.2) is 4.79 Å². The Hall–Kier alpha value is -2.73. The third-order valence-corrected chi connectivity index (χ3v) is 5.12. The number of methoxy groups -OCH3 is 1. The highest BCUT2D eigenvalue weighted by Crippen LogP contribution is 2.42. The van der Waals surface area contributed by atoms with Gasteiger partial charge in [-0.2, -0.15) is 5.26 Å². The summed E-state index contributed by atoms with van der Waals surface area (Å²) in [4.78, 5) is 30.2. The molecule has 0 saturated heterocycles. The Bertz CT molecular complexity index is 907. The lowest BCUT2D eigenvalue weighted by atomic mass is 9.75. The van der Waals surface area contributed by atoms with E-state index < -0.39 is 23.8 Å². The molecule has 2 unspecified atom stereocenters. The number of carbonyl (C=O) groups excluding carboxylic acids is 2. The lowest BCUT2D eigenvalue weighted by Gasteiger charge is -2.32. The van der Waals surface area contributed by atoms with Gasteiger partial charge in [0.1, 0.15) is 5.92 Å². The lowest BCUT2D eigenvalue weighted by Crippen LogP contribution is -2.37. The van der Waals surface area contributed by atoms with Crippen LogP contribution >= 0.6 is 11.6 Å². The molecule has 2 atom stereocenters. The molecule has 1 aliphatic heterocycles. The molecular weight excluding hydrogens is 422 g/mol. The molecule has 0 radical (unpaired) electrons. The van der Waals surface area contributed by atoms with E-state index >= 15 is 0 Å². The molecule has 0 saturated carbocycles. The van der Waals surface area contributed by atoms with Gasteiger partial charge >= 0.3 is 11.9 Å². The summed E-state index contributed by atoms with van der Waals surface area (Å²) in [6.07, 6.45) is 0. The highest BCUT2D eigenvalue weighted by atomic mass is 35.5. The number of nitriles is 1. The van der Waals surface area contributed by atoms with Crippen LogP contribution in [0.2, 0.25) is 5.02 Å². The van der Waals surface area contributed by atoms with Crippen molar-refractivity contribution in [3.05, 3.63) is 46.1 Å². The van der Waals surface area contributed by atoms with Crippen LogP contribution in [0.15, 0.2) is 40.5 Å². The van der Waals surface area contributed by atoms with E-state index in [0.29, 0.717) is 35.1 Å². The minimum atomic E-state index is -0.828. The monoisotopic (exact) mass is 447 g/mol. The van der Waals surface area contributed by atoms with Crippen molar-refractivity contribution in [3.63, 3.8) is 0 Å². The second kappa shape index (κ2) is 12.2. The fourth-order valence-electron chi connectivity index (χ4n) is 3.45. The zero-order valence-corrected chi connectivity index (χ0v) is 18.6. The van der Waals surface area contributed by atoms with Gasteiger partial charge in [0, 0.05) is 23.2 Å². The van der Waals surface area contributed by atoms with Crippen LogP contribution in [-0.4, -0.2) is 57.7 Å². The van der Waals surface area contributed by atoms with Crippen molar-refractivity contribution >= 4 is 29.3 Å². The Kier molecular flexibility index (Phi) is 9.66. The minimum absolute atomic E-state index is 0.0363. The molecule has 0 spiro atoms. The Morgan fingerprint density at radius 2 is 2.06 bits per heavy atom. The van der Waals surface area contributed by atoms with Crippen molar-refractivity contribution in [1.29, 1.82) is 5.26 Å². The van der Waals surface area contributed by atoms with Gasteiger partial charge in [-0.3, -0.25) is 9.79 Å². The molecule has 0 aliphatic carbocycles. The van der Waals surface area contributed by atoms with E-state index in [4.69, 9.17) is 31.1 Å². The number of nitrogens with zero attached hydrogens (tertiary/aromatic N) is 2. The average Bonchev–Trinajstić information content (AvgIpc) is 2.75. The maximum Gasteiger partial charge on any atom is 0.336 e. The molecule has 0 fully saturated rings. The van der Waals surface area contributed by atoms with Crippen molar-refractivity contribution in [1.82, 2.24) is 5.32 Å². The van der Waals surface area contributed by atoms with Gasteiger partial charge in [0.15, 0.2) is 0 Å². The Morgan fingerprint density at radius 1 is 1.32 bits per heavy atom. The van der Waals surface area contributed by atoms with E-state index in [1.807, 2.05) is 6.07 Å². The summed E-state index contributed by atoms with van der Waals surface area (Å²) in [5.41, 5.74) is 1.69. The van der Waals surface area contributed by atoms with Crippen LogP contribution in [0.5, 0.6) is 0 Å². The Balaban J connectivity index is 2.50. The molecule has 8 nitrogen and oxygen atoms in total. The normalized spacial score (nSPS) is 18.2. The number of rotatable bonds is 10. The Morgan fingerprint density at radius 3 is 2.71 bits per heavy atom. The fraction of sp³-hybridized carbons (Fsp3) is 0.455. The molecule has 0 aromatic heterocycles. The number of esters is 2. The SMILES string of the molecule is CCOC(=O)C1=C(COCCNCC#N)N=C(C)C(C(=O)OC)C1c1ccccc1Cl. The maximum absolute atomic E-state index is 13.0. The van der Waals surface area contributed by atoms with E-state index in [1.165, 1.54) is 7.11 Å². The summed E-state index contributed by atoms with van der Waals surface area (Å²) in [6, 6.07) is 9.01. The van der Waals surface area contributed by atoms with Crippen LogP contribution in [-0.2, 0) is 23.8 Å². The number of ether oxygens (including phenoxy) is 3. The van der Waals surface area contributed by atoms with Gasteiger partial charge in [0.25, 0.3) is 0 Å². The van der Waals surface area contributed by atoms with Gasteiger partial charge in [-0.05, 0) is 25.5 Å². The summed E-state index contributed by atoms with van der Waals surface area (Å²) in [6.45, 7) is 4.61. The first-order valence-electron chi connectivity index (χ1n) is 9.89. The van der Waals surface area contributed by atoms with Gasteiger partial charge in [0.05, 0.1) is 50.8 Å². The topological polar surface area (TPSA) is 110 Å². The van der Waals surface area contributed by atoms with Crippen LogP contribution < -0.4 is 5.32 Å². The minimum Gasteiger partial charge on any atom is -0.468 e. The molecular formula is C22H26ClN3O5. The van der Waals surface area contributed by atoms with Gasteiger partial charge < -0.3 is 19.5 Å². The second-order valence-electron chi connectivity index (χ2n) is 6.72. The van der Waals surface area contributed by atoms with Crippen molar-refractivity contribution in [2.24, 2.45) is 10.9 Å². The molecule has 1 aromatic carbocycles. The van der Waals surface area contributed by atoms with Crippen LogP contribution in [0.1, 0.15) is 25.3 Å². The molecule has 1 aliphatic rings. The number of hydrogen-bond acceptors (Lipinski definition) is 8. The predicted octanol–water partition coefficient (Wildman–Crippen LogP) is 2.63. The number of nitrogens with one attached hydrogen (secondary N) is 1. The Labute approximate surface area is 186 Å². The lowest BCUT2D eigenvalue weighted by molar-refractivity contribution is -0.144. The number of benzene rings is 1. The van der Waals surface area contributed by atoms with Crippen LogP contribution in [0.3, 0.4) is 0 Å². The third-order valence-electron chi connectivity index (χ3n) is 4.77. The molecule has 166 valence electrons. The van der Waals surface area contributed by atoms with E-state index in [1.54, 1.807) is 38.1 Å². The molecule has 1 heterocycles. The van der Waals surface area contributed by atoms with Gasteiger partial charge in [-0.15, -0.1) is 0 Å². The standard InChI is InChI=1S/C22H26ClN3O5/c1-4-31-22(28)20-17(13-30-12-11-25-10-9-24)26-14(2)18(21(27)29-3)19(20)15-7-5-6-8-16(15)23/h5-8,18-19,25H,4,10-13H2,1-3H3.